The van der Waals surface area contributed by atoms with Gasteiger partial charge in [0, 0.05) is 17.8 Å². The van der Waals surface area contributed by atoms with E-state index >= 15 is 0 Å². The zero-order valence-electron chi connectivity index (χ0n) is 9.19. The zero-order valence-corrected chi connectivity index (χ0v) is 9.19. The Hall–Kier alpha value is -2.64. The molecule has 98 valence electrons. The highest BCUT2D eigenvalue weighted by Gasteiger charge is 2.11. The van der Waals surface area contributed by atoms with Crippen LogP contribution in [0.5, 0.6) is 0 Å². The molecule has 1 aromatic carbocycles. The number of hydrogen-bond donors (Lipinski definition) is 2. The highest BCUT2D eigenvalue weighted by atomic mass is 19.2. The minimum Gasteiger partial charge on any atom is -0.476 e. The molecule has 1 heterocycles. The first kappa shape index (κ1) is 12.8. The van der Waals surface area contributed by atoms with Gasteiger partial charge in [-0.1, -0.05) is 0 Å². The molecule has 1 aromatic heterocycles. The van der Waals surface area contributed by atoms with E-state index in [1.165, 1.54) is 6.07 Å². The summed E-state index contributed by atoms with van der Waals surface area (Å²) in [7, 11) is 0. The maximum absolute atomic E-state index is 12.9. The van der Waals surface area contributed by atoms with Gasteiger partial charge in [-0.15, -0.1) is 10.2 Å². The van der Waals surface area contributed by atoms with E-state index in [4.69, 9.17) is 5.11 Å². The number of benzene rings is 1. The quantitative estimate of drug-likeness (QED) is 0.836. The van der Waals surface area contributed by atoms with E-state index in [9.17, 15) is 18.0 Å². The molecule has 0 amide bonds. The van der Waals surface area contributed by atoms with E-state index in [2.05, 4.69) is 15.5 Å². The lowest BCUT2D eigenvalue weighted by atomic mass is 10.3. The van der Waals surface area contributed by atoms with Crippen LogP contribution in [-0.2, 0) is 0 Å². The van der Waals surface area contributed by atoms with E-state index in [0.29, 0.717) is 0 Å². The van der Waals surface area contributed by atoms with Gasteiger partial charge >= 0.3 is 5.97 Å². The number of nitrogens with one attached hydrogen (secondary N) is 1. The lowest BCUT2D eigenvalue weighted by molar-refractivity contribution is 0.0689. The van der Waals surface area contributed by atoms with Gasteiger partial charge in [0.05, 0.1) is 0 Å². The van der Waals surface area contributed by atoms with Crippen molar-refractivity contribution in [2.75, 3.05) is 5.32 Å². The minimum atomic E-state index is -1.57. The van der Waals surface area contributed by atoms with Crippen LogP contribution < -0.4 is 5.32 Å². The molecule has 0 fully saturated rings. The number of hydrogen-bond acceptors (Lipinski definition) is 4. The van der Waals surface area contributed by atoms with Crippen molar-refractivity contribution in [3.05, 3.63) is 47.4 Å². The number of nitrogens with zero attached hydrogens (tertiary/aromatic N) is 2. The second kappa shape index (κ2) is 4.92. The molecule has 0 saturated heterocycles. The van der Waals surface area contributed by atoms with Crippen LogP contribution in [0.15, 0.2) is 24.3 Å². The van der Waals surface area contributed by atoms with Crippen molar-refractivity contribution in [1.82, 2.24) is 10.2 Å². The van der Waals surface area contributed by atoms with Crippen LogP contribution in [-0.4, -0.2) is 21.3 Å². The van der Waals surface area contributed by atoms with Gasteiger partial charge in [-0.2, -0.15) is 0 Å². The molecule has 0 unspecified atom stereocenters. The third kappa shape index (κ3) is 2.79. The predicted molar refractivity (Wildman–Crippen MR) is 58.6 cm³/mol. The molecule has 2 rings (SSSR count). The normalized spacial score (nSPS) is 10.3. The highest BCUT2D eigenvalue weighted by Crippen LogP contribution is 2.20. The van der Waals surface area contributed by atoms with Crippen molar-refractivity contribution in [3.8, 4) is 0 Å². The van der Waals surface area contributed by atoms with Crippen molar-refractivity contribution in [2.24, 2.45) is 0 Å². The summed E-state index contributed by atoms with van der Waals surface area (Å²) in [6.07, 6.45) is 0. The Morgan fingerprint density at radius 1 is 1.11 bits per heavy atom. The van der Waals surface area contributed by atoms with Gasteiger partial charge in [0.15, 0.2) is 29.0 Å². The van der Waals surface area contributed by atoms with Crippen molar-refractivity contribution < 1.29 is 23.1 Å². The largest absolute Gasteiger partial charge is 0.476 e. The molecule has 2 aromatic rings. The van der Waals surface area contributed by atoms with Gasteiger partial charge < -0.3 is 10.4 Å². The first-order valence-electron chi connectivity index (χ1n) is 4.96. The first-order chi connectivity index (χ1) is 8.97. The lowest BCUT2D eigenvalue weighted by Gasteiger charge is -2.06. The van der Waals surface area contributed by atoms with Crippen molar-refractivity contribution >= 4 is 17.5 Å². The van der Waals surface area contributed by atoms with Crippen molar-refractivity contribution in [1.29, 1.82) is 0 Å². The molecule has 0 bridgehead atoms. The molecule has 19 heavy (non-hydrogen) atoms. The Bertz CT molecular complexity index is 609. The molecule has 2 N–H and O–H groups in total. The summed E-state index contributed by atoms with van der Waals surface area (Å²) in [5.41, 5.74) is -0.351. The minimum absolute atomic E-state index is 0.0652. The number of carboxylic acid groups (broad SMARTS) is 1. The van der Waals surface area contributed by atoms with Gasteiger partial charge in [0.2, 0.25) is 0 Å². The zero-order chi connectivity index (χ0) is 14.0. The molecular formula is C11H6F3N3O2. The number of aromatic carboxylic acids is 1. The van der Waals surface area contributed by atoms with Crippen LogP contribution >= 0.6 is 0 Å². The molecule has 0 saturated carbocycles. The van der Waals surface area contributed by atoms with Gasteiger partial charge in [-0.25, -0.2) is 18.0 Å². The molecule has 0 aliphatic heterocycles. The maximum Gasteiger partial charge on any atom is 0.356 e. The molecule has 0 aliphatic rings. The second-order valence-electron chi connectivity index (χ2n) is 3.49. The van der Waals surface area contributed by atoms with Crippen molar-refractivity contribution in [2.45, 2.75) is 0 Å². The Kier molecular flexibility index (Phi) is 3.32. The van der Waals surface area contributed by atoms with E-state index in [1.807, 2.05) is 0 Å². The number of anilines is 2. The average Bonchev–Trinajstić information content (AvgIpc) is 2.36. The summed E-state index contributed by atoms with van der Waals surface area (Å²) in [5, 5.41) is 17.9. The summed E-state index contributed by atoms with van der Waals surface area (Å²) >= 11 is 0. The fraction of sp³-hybridized carbons (Fsp3) is 0. The Balaban J connectivity index is 2.24. The van der Waals surface area contributed by atoms with E-state index in [1.54, 1.807) is 0 Å². The summed E-state index contributed by atoms with van der Waals surface area (Å²) in [5.74, 6) is -5.46. The Labute approximate surface area is 104 Å². The number of halogens is 3. The molecular weight excluding hydrogens is 263 g/mol. The molecule has 0 aliphatic carbocycles. The van der Waals surface area contributed by atoms with Gasteiger partial charge in [0.25, 0.3) is 0 Å². The topological polar surface area (TPSA) is 75.1 Å². The maximum atomic E-state index is 12.9. The second-order valence-corrected chi connectivity index (χ2v) is 3.49. The number of aromatic nitrogens is 2. The molecule has 5 nitrogen and oxygen atoms in total. The number of rotatable bonds is 3. The van der Waals surface area contributed by atoms with Crippen LogP contribution in [0.2, 0.25) is 0 Å². The summed E-state index contributed by atoms with van der Waals surface area (Å²) in [6, 6.07) is 3.90. The number of carbonyl (C=O) groups is 1. The van der Waals surface area contributed by atoms with E-state index < -0.39 is 23.4 Å². The standard InChI is InChI=1S/C11H6F3N3O2/c12-6-3-5(4-7(13)10(6)14)15-9-2-1-8(11(18)19)16-17-9/h1-4H,(H,15,17)(H,18,19). The average molecular weight is 269 g/mol. The van der Waals surface area contributed by atoms with Crippen LogP contribution in [0.3, 0.4) is 0 Å². The van der Waals surface area contributed by atoms with Crippen molar-refractivity contribution in [3.63, 3.8) is 0 Å². The molecule has 0 atom stereocenters. The summed E-state index contributed by atoms with van der Waals surface area (Å²) in [6.45, 7) is 0. The monoisotopic (exact) mass is 269 g/mol. The van der Waals surface area contributed by atoms with Gasteiger partial charge in [0.1, 0.15) is 0 Å². The van der Waals surface area contributed by atoms with Crippen LogP contribution in [0.4, 0.5) is 24.7 Å². The third-order valence-corrected chi connectivity index (χ3v) is 2.14. The predicted octanol–water partition coefficient (Wildman–Crippen LogP) is 2.34. The summed E-state index contributed by atoms with van der Waals surface area (Å²) < 4.78 is 38.6. The smallest absolute Gasteiger partial charge is 0.356 e. The molecule has 0 radical (unpaired) electrons. The van der Waals surface area contributed by atoms with Crippen LogP contribution in [0, 0.1) is 17.5 Å². The molecule has 0 spiro atoms. The summed E-state index contributed by atoms with van der Waals surface area (Å²) in [4.78, 5) is 10.5. The fourth-order valence-corrected chi connectivity index (χ4v) is 1.29. The Morgan fingerprint density at radius 3 is 2.21 bits per heavy atom. The first-order valence-corrected chi connectivity index (χ1v) is 4.96. The highest BCUT2D eigenvalue weighted by molar-refractivity contribution is 5.85. The third-order valence-electron chi connectivity index (χ3n) is 2.14. The van der Waals surface area contributed by atoms with Crippen LogP contribution in [0.1, 0.15) is 10.5 Å². The van der Waals surface area contributed by atoms with Crippen LogP contribution in [0.25, 0.3) is 0 Å². The number of carboxylic acids is 1. The van der Waals surface area contributed by atoms with Gasteiger partial charge in [-0.05, 0) is 12.1 Å². The van der Waals surface area contributed by atoms with Gasteiger partial charge in [-0.3, -0.25) is 0 Å². The molecule has 8 heteroatoms. The lowest BCUT2D eigenvalue weighted by Crippen LogP contribution is -2.04. The SMILES string of the molecule is O=C(O)c1ccc(Nc2cc(F)c(F)c(F)c2)nn1. The van der Waals surface area contributed by atoms with E-state index in [0.717, 1.165) is 18.2 Å². The van der Waals surface area contributed by atoms with E-state index in [-0.39, 0.29) is 17.2 Å². The Morgan fingerprint density at radius 2 is 1.74 bits per heavy atom. The fourth-order valence-electron chi connectivity index (χ4n) is 1.29.